The highest BCUT2D eigenvalue weighted by Gasteiger charge is 2.08. The van der Waals surface area contributed by atoms with Crippen LogP contribution in [0.4, 0.5) is 5.82 Å². The molecule has 0 saturated carbocycles. The number of imidazole rings is 1. The van der Waals surface area contributed by atoms with Gasteiger partial charge in [0.05, 0.1) is 22.2 Å². The smallest absolute Gasteiger partial charge is 0.156 e. The van der Waals surface area contributed by atoms with Gasteiger partial charge in [0, 0.05) is 35.9 Å². The van der Waals surface area contributed by atoms with Crippen LogP contribution in [0.2, 0.25) is 5.02 Å². The summed E-state index contributed by atoms with van der Waals surface area (Å²) in [7, 11) is 0. The van der Waals surface area contributed by atoms with Crippen LogP contribution in [-0.2, 0) is 6.42 Å². The van der Waals surface area contributed by atoms with Gasteiger partial charge in [0.15, 0.2) is 5.82 Å². The van der Waals surface area contributed by atoms with Crippen LogP contribution in [0.1, 0.15) is 12.2 Å². The Bertz CT molecular complexity index is 1320. The number of pyridine rings is 2. The molecule has 0 bridgehead atoms. The topological polar surface area (TPSA) is 92.3 Å². The van der Waals surface area contributed by atoms with Gasteiger partial charge in [-0.25, -0.2) is 19.9 Å². The quantitative estimate of drug-likeness (QED) is 0.392. The molecule has 0 spiro atoms. The van der Waals surface area contributed by atoms with Gasteiger partial charge in [-0.05, 0) is 48.9 Å². The summed E-state index contributed by atoms with van der Waals surface area (Å²) >= 11 is 6.04. The predicted octanol–water partition coefficient (Wildman–Crippen LogP) is 4.66. The van der Waals surface area contributed by atoms with Crippen molar-refractivity contribution in [1.82, 2.24) is 29.9 Å². The predicted molar refractivity (Wildman–Crippen MR) is 118 cm³/mol. The number of H-pyrrole nitrogens is 1. The molecule has 7 nitrogen and oxygen atoms in total. The minimum absolute atomic E-state index is 0.702. The maximum atomic E-state index is 6.04. The Kier molecular flexibility index (Phi) is 4.94. The number of rotatable bonds is 6. The normalized spacial score (nSPS) is 11.2. The maximum Gasteiger partial charge on any atom is 0.156 e. The fourth-order valence-corrected chi connectivity index (χ4v) is 3.53. The Morgan fingerprint density at radius 1 is 1.00 bits per heavy atom. The van der Waals surface area contributed by atoms with Crippen LogP contribution < -0.4 is 5.32 Å². The molecule has 0 atom stereocenters. The number of nitrogens with zero attached hydrogens (tertiary/aromatic N) is 5. The monoisotopic (exact) mass is 415 g/mol. The van der Waals surface area contributed by atoms with E-state index in [0.717, 1.165) is 64.4 Å². The second-order valence-corrected chi connectivity index (χ2v) is 7.34. The third kappa shape index (κ3) is 3.79. The van der Waals surface area contributed by atoms with E-state index in [-0.39, 0.29) is 0 Å². The standard InChI is InChI=1S/C22H18ClN7/c23-15-5-6-17-19(11-15)29-20(28-17)4-2-10-25-22-21-18(26-13-27-22)8-7-16(30-21)14-3-1-9-24-12-14/h1,3,5-9,11-13H,2,4,10H2,(H,28,29)(H,25,26,27). The van der Waals surface area contributed by atoms with E-state index >= 15 is 0 Å². The van der Waals surface area contributed by atoms with Crippen molar-refractivity contribution >= 4 is 39.5 Å². The molecule has 0 fully saturated rings. The Morgan fingerprint density at radius 2 is 1.93 bits per heavy atom. The molecule has 8 heteroatoms. The van der Waals surface area contributed by atoms with E-state index in [1.165, 1.54) is 0 Å². The largest absolute Gasteiger partial charge is 0.368 e. The van der Waals surface area contributed by atoms with Crippen LogP contribution in [0.5, 0.6) is 0 Å². The zero-order chi connectivity index (χ0) is 20.3. The molecular weight excluding hydrogens is 398 g/mol. The van der Waals surface area contributed by atoms with Gasteiger partial charge in [-0.2, -0.15) is 0 Å². The highest BCUT2D eigenvalue weighted by molar-refractivity contribution is 6.31. The summed E-state index contributed by atoms with van der Waals surface area (Å²) in [5, 5.41) is 4.09. The van der Waals surface area contributed by atoms with E-state index in [9.17, 15) is 0 Å². The first-order valence-corrected chi connectivity index (χ1v) is 10.0. The molecule has 0 unspecified atom stereocenters. The number of anilines is 1. The summed E-state index contributed by atoms with van der Waals surface area (Å²) in [6, 6.07) is 13.5. The number of hydrogen-bond acceptors (Lipinski definition) is 6. The second kappa shape index (κ2) is 8.04. The first-order valence-electron chi connectivity index (χ1n) is 9.66. The van der Waals surface area contributed by atoms with Crippen LogP contribution in [-0.4, -0.2) is 36.4 Å². The van der Waals surface area contributed by atoms with Crippen molar-refractivity contribution in [3.8, 4) is 11.3 Å². The molecule has 0 aliphatic heterocycles. The number of hydrogen-bond donors (Lipinski definition) is 2. The lowest BCUT2D eigenvalue weighted by molar-refractivity contribution is 0.817. The summed E-state index contributed by atoms with van der Waals surface area (Å²) in [6.45, 7) is 0.739. The summed E-state index contributed by atoms with van der Waals surface area (Å²) in [5.41, 5.74) is 5.23. The van der Waals surface area contributed by atoms with E-state index < -0.39 is 0 Å². The maximum absolute atomic E-state index is 6.04. The van der Waals surface area contributed by atoms with Crippen molar-refractivity contribution < 1.29 is 0 Å². The minimum Gasteiger partial charge on any atom is -0.368 e. The van der Waals surface area contributed by atoms with Crippen molar-refractivity contribution in [2.75, 3.05) is 11.9 Å². The van der Waals surface area contributed by atoms with E-state index in [1.807, 2.05) is 42.5 Å². The van der Waals surface area contributed by atoms with Gasteiger partial charge in [0.2, 0.25) is 0 Å². The van der Waals surface area contributed by atoms with Gasteiger partial charge in [-0.3, -0.25) is 4.98 Å². The van der Waals surface area contributed by atoms with Gasteiger partial charge in [-0.15, -0.1) is 0 Å². The van der Waals surface area contributed by atoms with Crippen molar-refractivity contribution in [3.05, 3.63) is 72.0 Å². The number of aromatic nitrogens is 6. The van der Waals surface area contributed by atoms with Gasteiger partial charge in [0.25, 0.3) is 0 Å². The molecule has 0 amide bonds. The highest BCUT2D eigenvalue weighted by atomic mass is 35.5. The number of fused-ring (bicyclic) bond motifs is 2. The van der Waals surface area contributed by atoms with E-state index in [2.05, 4.69) is 30.2 Å². The molecule has 148 valence electrons. The Hall–Kier alpha value is -3.58. The van der Waals surface area contributed by atoms with Crippen LogP contribution >= 0.6 is 11.6 Å². The van der Waals surface area contributed by atoms with Crippen LogP contribution in [0.25, 0.3) is 33.3 Å². The van der Waals surface area contributed by atoms with Crippen LogP contribution in [0.3, 0.4) is 0 Å². The van der Waals surface area contributed by atoms with E-state index in [4.69, 9.17) is 16.6 Å². The lowest BCUT2D eigenvalue weighted by Crippen LogP contribution is -2.07. The number of aromatic amines is 1. The summed E-state index contributed by atoms with van der Waals surface area (Å²) in [4.78, 5) is 25.6. The minimum atomic E-state index is 0.702. The van der Waals surface area contributed by atoms with E-state index in [0.29, 0.717) is 5.02 Å². The molecule has 5 rings (SSSR count). The average molecular weight is 416 g/mol. The molecule has 30 heavy (non-hydrogen) atoms. The van der Waals surface area contributed by atoms with Gasteiger partial charge >= 0.3 is 0 Å². The molecule has 1 aromatic carbocycles. The highest BCUT2D eigenvalue weighted by Crippen LogP contribution is 2.23. The fraction of sp³-hybridized carbons (Fsp3) is 0.136. The molecule has 0 radical (unpaired) electrons. The van der Waals surface area contributed by atoms with E-state index in [1.54, 1.807) is 18.7 Å². The van der Waals surface area contributed by atoms with Crippen LogP contribution in [0, 0.1) is 0 Å². The summed E-state index contributed by atoms with van der Waals surface area (Å²) in [5.74, 6) is 1.67. The Morgan fingerprint density at radius 3 is 2.83 bits per heavy atom. The average Bonchev–Trinajstić information content (AvgIpc) is 3.19. The van der Waals surface area contributed by atoms with Gasteiger partial charge < -0.3 is 10.3 Å². The van der Waals surface area contributed by atoms with Gasteiger partial charge in [0.1, 0.15) is 17.7 Å². The third-order valence-electron chi connectivity index (χ3n) is 4.81. The molecule has 4 heterocycles. The Labute approximate surface area is 177 Å². The summed E-state index contributed by atoms with van der Waals surface area (Å²) < 4.78 is 0. The molecule has 0 saturated heterocycles. The number of benzene rings is 1. The fourth-order valence-electron chi connectivity index (χ4n) is 3.36. The van der Waals surface area contributed by atoms with Crippen molar-refractivity contribution in [3.63, 3.8) is 0 Å². The Balaban J connectivity index is 1.30. The van der Waals surface area contributed by atoms with Crippen LogP contribution in [0.15, 0.2) is 61.2 Å². The molecule has 0 aliphatic rings. The van der Waals surface area contributed by atoms with Crippen molar-refractivity contribution in [2.24, 2.45) is 0 Å². The molecule has 4 aromatic heterocycles. The molecule has 5 aromatic rings. The van der Waals surface area contributed by atoms with Gasteiger partial charge in [-0.1, -0.05) is 11.6 Å². The molecule has 2 N–H and O–H groups in total. The first-order chi connectivity index (χ1) is 14.8. The third-order valence-corrected chi connectivity index (χ3v) is 5.05. The molecular formula is C22H18ClN7. The number of nitrogens with one attached hydrogen (secondary N) is 2. The number of halogens is 1. The van der Waals surface area contributed by atoms with Crippen molar-refractivity contribution in [1.29, 1.82) is 0 Å². The number of aryl methyl sites for hydroxylation is 1. The first kappa shape index (κ1) is 18.4. The second-order valence-electron chi connectivity index (χ2n) is 6.90. The zero-order valence-electron chi connectivity index (χ0n) is 16.0. The lowest BCUT2D eigenvalue weighted by Gasteiger charge is -2.08. The van der Waals surface area contributed by atoms with Crippen molar-refractivity contribution in [2.45, 2.75) is 12.8 Å². The summed E-state index contributed by atoms with van der Waals surface area (Å²) in [6.07, 6.45) is 6.81. The SMILES string of the molecule is Clc1ccc2nc(CCCNc3ncnc4ccc(-c5cccnc5)nc34)[nH]c2c1. The zero-order valence-corrected chi connectivity index (χ0v) is 16.8. The molecule has 0 aliphatic carbocycles. The lowest BCUT2D eigenvalue weighted by atomic mass is 10.2.